The molecule has 12 heteroatoms. The lowest BCUT2D eigenvalue weighted by molar-refractivity contribution is -0.141. The first-order valence-corrected chi connectivity index (χ1v) is 13.9. The first kappa shape index (κ1) is 42.4. The Morgan fingerprint density at radius 2 is 0.909 bits per heavy atom. The summed E-state index contributed by atoms with van der Waals surface area (Å²) in [4.78, 5) is 53.0. The van der Waals surface area contributed by atoms with Crippen LogP contribution in [0.1, 0.15) is 96.4 Å². The first-order chi connectivity index (χ1) is 14.0. The van der Waals surface area contributed by atoms with E-state index in [1.807, 2.05) is 6.92 Å². The molecule has 0 aliphatic rings. The Balaban J connectivity index is -0.0000000998. The molecule has 1 atom stereocenters. The van der Waals surface area contributed by atoms with Crippen LogP contribution in [0.2, 0.25) is 0 Å². The van der Waals surface area contributed by atoms with Crippen molar-refractivity contribution in [1.29, 1.82) is 0 Å². The molecule has 0 rings (SSSR count). The molecule has 0 radical (unpaired) electrons. The van der Waals surface area contributed by atoms with E-state index in [0.717, 1.165) is 6.42 Å². The summed E-state index contributed by atoms with van der Waals surface area (Å²) < 4.78 is 20.4. The predicted octanol–water partition coefficient (Wildman–Crippen LogP) is 5.43. The van der Waals surface area contributed by atoms with Crippen LogP contribution >= 0.6 is 15.2 Å². The van der Waals surface area contributed by atoms with E-state index in [9.17, 15) is 18.7 Å². The molecule has 6 N–H and O–H groups in total. The van der Waals surface area contributed by atoms with Crippen molar-refractivity contribution in [3.63, 3.8) is 0 Å². The summed E-state index contributed by atoms with van der Waals surface area (Å²) in [6, 6.07) is 0. The van der Waals surface area contributed by atoms with Crippen LogP contribution in [-0.2, 0) is 18.7 Å². The van der Waals surface area contributed by atoms with Gasteiger partial charge in [-0.05, 0) is 32.6 Å². The van der Waals surface area contributed by atoms with Crippen LogP contribution in [0, 0.1) is 17.3 Å². The van der Waals surface area contributed by atoms with Crippen molar-refractivity contribution in [3.8, 4) is 0 Å². The summed E-state index contributed by atoms with van der Waals surface area (Å²) in [5.74, 6) is -1.86. The third-order valence-corrected chi connectivity index (χ3v) is 6.17. The van der Waals surface area contributed by atoms with Crippen LogP contribution in [0.5, 0.6) is 0 Å². The standard InChI is InChI=1S/C5H10O2.C5H12.C4H11O3P.C4H8O2.C3H9O3P/c1-3-4(2)5(6)7;1-5(2,3)4;1-4(2,3)8(5,6)7;1-3(2)4(5)6;1-3(2)7(4,5)6/h4H,3H2,1-2H3,(H,6,7);1-4H3;1-3H3,(H2,5,6,7);3H,1-2H3,(H,5,6);3H,1-2H3,(H2,4,5,6). The molecule has 0 fully saturated rings. The normalized spacial score (nSPS) is 12.5. The van der Waals surface area contributed by atoms with Gasteiger partial charge in [-0.25, -0.2) is 0 Å². The number of hydrogen-bond donors (Lipinski definition) is 6. The SMILES string of the molecule is CC(C)(C)C.CC(C)(C)P(=O)(O)O.CC(C)C(=O)O.CC(C)P(=O)(O)O.CCC(C)C(=O)O. The Kier molecular flexibility index (Phi) is 23.8. The van der Waals surface area contributed by atoms with E-state index in [0.29, 0.717) is 5.41 Å². The molecule has 0 aromatic heterocycles. The number of carboxylic acid groups (broad SMARTS) is 2. The van der Waals surface area contributed by atoms with Gasteiger partial charge in [0.2, 0.25) is 0 Å². The van der Waals surface area contributed by atoms with Crippen molar-refractivity contribution in [2.75, 3.05) is 0 Å². The van der Waals surface area contributed by atoms with Gasteiger partial charge in [-0.3, -0.25) is 18.7 Å². The number of carbonyl (C=O) groups is 2. The molecule has 204 valence electrons. The van der Waals surface area contributed by atoms with Crippen LogP contribution in [0.3, 0.4) is 0 Å². The Morgan fingerprint density at radius 3 is 0.909 bits per heavy atom. The van der Waals surface area contributed by atoms with Crippen LogP contribution in [-0.4, -0.2) is 52.5 Å². The fourth-order valence-corrected chi connectivity index (χ4v) is 0.175. The Hall–Kier alpha value is -0.760. The van der Waals surface area contributed by atoms with Crippen LogP contribution in [0.4, 0.5) is 0 Å². The Bertz CT molecular complexity index is 600. The topological polar surface area (TPSA) is 190 Å². The van der Waals surface area contributed by atoms with Gasteiger partial charge in [0, 0.05) is 0 Å². The minimum atomic E-state index is -3.85. The second-order valence-corrected chi connectivity index (χ2v) is 15.2. The van der Waals surface area contributed by atoms with E-state index in [1.54, 1.807) is 20.8 Å². The van der Waals surface area contributed by atoms with Gasteiger partial charge in [-0.2, -0.15) is 0 Å². The zero-order valence-electron chi connectivity index (χ0n) is 22.6. The van der Waals surface area contributed by atoms with Crippen molar-refractivity contribution in [2.45, 2.75) is 107 Å². The van der Waals surface area contributed by atoms with Crippen LogP contribution in [0.15, 0.2) is 0 Å². The highest BCUT2D eigenvalue weighted by Gasteiger charge is 2.31. The quantitative estimate of drug-likeness (QED) is 0.258. The van der Waals surface area contributed by atoms with Crippen molar-refractivity contribution in [1.82, 2.24) is 0 Å². The third kappa shape index (κ3) is 45.5. The fraction of sp³-hybridized carbons (Fsp3) is 0.905. The molecule has 0 aliphatic carbocycles. The van der Waals surface area contributed by atoms with Gasteiger partial charge in [0.15, 0.2) is 0 Å². The summed E-state index contributed by atoms with van der Waals surface area (Å²) in [6.07, 6.45) is 0.718. The number of hydrogen-bond acceptors (Lipinski definition) is 4. The van der Waals surface area contributed by atoms with E-state index in [-0.39, 0.29) is 11.8 Å². The Morgan fingerprint density at radius 1 is 0.727 bits per heavy atom. The van der Waals surface area contributed by atoms with Gasteiger partial charge in [0.1, 0.15) is 0 Å². The minimum Gasteiger partial charge on any atom is -0.481 e. The second-order valence-electron chi connectivity index (χ2n) is 10.5. The average Bonchev–Trinajstić information content (AvgIpc) is 2.51. The van der Waals surface area contributed by atoms with Crippen molar-refractivity contribution in [2.24, 2.45) is 17.3 Å². The third-order valence-electron chi connectivity index (χ3n) is 3.07. The molecule has 0 amide bonds. The highest BCUT2D eigenvalue weighted by atomic mass is 31.2. The summed E-state index contributed by atoms with van der Waals surface area (Å²) in [5.41, 5.74) is -0.0347. The van der Waals surface area contributed by atoms with E-state index in [4.69, 9.17) is 29.8 Å². The number of carboxylic acids is 2. The zero-order chi connectivity index (χ0) is 28.6. The highest BCUT2D eigenvalue weighted by Crippen LogP contribution is 2.49. The predicted molar refractivity (Wildman–Crippen MR) is 134 cm³/mol. The van der Waals surface area contributed by atoms with E-state index in [1.165, 1.54) is 34.6 Å². The number of rotatable bonds is 4. The van der Waals surface area contributed by atoms with Crippen molar-refractivity contribution >= 4 is 27.1 Å². The van der Waals surface area contributed by atoms with Gasteiger partial charge >= 0.3 is 27.1 Å². The van der Waals surface area contributed by atoms with E-state index in [2.05, 4.69) is 27.7 Å². The smallest absolute Gasteiger partial charge is 0.330 e. The second kappa shape index (κ2) is 18.6. The summed E-state index contributed by atoms with van der Waals surface area (Å²) in [5, 5.41) is 15.3. The molecule has 10 nitrogen and oxygen atoms in total. The van der Waals surface area contributed by atoms with Gasteiger partial charge in [0.25, 0.3) is 0 Å². The van der Waals surface area contributed by atoms with Gasteiger partial charge in [-0.15, -0.1) is 0 Å². The maximum absolute atomic E-state index is 10.3. The van der Waals surface area contributed by atoms with Gasteiger partial charge < -0.3 is 29.8 Å². The largest absolute Gasteiger partial charge is 0.481 e. The molecular formula is C21H50O10P2. The average molecular weight is 525 g/mol. The molecule has 0 aromatic carbocycles. The molecule has 1 unspecified atom stereocenters. The minimum absolute atomic E-state index is 0.181. The molecule has 0 aromatic rings. The highest BCUT2D eigenvalue weighted by molar-refractivity contribution is 7.53. The summed E-state index contributed by atoms with van der Waals surface area (Å²) in [6.45, 7) is 23.1. The van der Waals surface area contributed by atoms with Crippen molar-refractivity contribution < 1.29 is 48.5 Å². The molecule has 0 spiro atoms. The maximum atomic E-state index is 10.3. The Labute approximate surface area is 200 Å². The summed E-state index contributed by atoms with van der Waals surface area (Å²) >= 11 is 0. The monoisotopic (exact) mass is 524 g/mol. The molecule has 0 aliphatic heterocycles. The fourth-order valence-electron chi connectivity index (χ4n) is 0.175. The van der Waals surface area contributed by atoms with Gasteiger partial charge in [-0.1, -0.05) is 69.2 Å². The molecule has 0 saturated carbocycles. The van der Waals surface area contributed by atoms with Gasteiger partial charge in [0.05, 0.1) is 22.7 Å². The first-order valence-electron chi connectivity index (χ1n) is 10.6. The summed E-state index contributed by atoms with van der Waals surface area (Å²) in [7, 11) is -7.59. The lowest BCUT2D eigenvalue weighted by atomic mass is 10.0. The molecule has 0 heterocycles. The molecule has 0 saturated heterocycles. The molecule has 0 bridgehead atoms. The van der Waals surface area contributed by atoms with E-state index < -0.39 is 37.9 Å². The van der Waals surface area contributed by atoms with Crippen LogP contribution in [0.25, 0.3) is 0 Å². The van der Waals surface area contributed by atoms with Crippen molar-refractivity contribution in [3.05, 3.63) is 0 Å². The lowest BCUT2D eigenvalue weighted by Gasteiger charge is -2.18. The zero-order valence-corrected chi connectivity index (χ0v) is 24.4. The molecular weight excluding hydrogens is 474 g/mol. The lowest BCUT2D eigenvalue weighted by Crippen LogP contribution is -2.13. The van der Waals surface area contributed by atoms with Crippen LogP contribution < -0.4 is 0 Å². The van der Waals surface area contributed by atoms with E-state index >= 15 is 0 Å². The maximum Gasteiger partial charge on any atom is 0.330 e. The molecule has 33 heavy (non-hydrogen) atoms. The number of aliphatic carboxylic acids is 2.